The summed E-state index contributed by atoms with van der Waals surface area (Å²) in [6.07, 6.45) is 1.16. The van der Waals surface area contributed by atoms with Gasteiger partial charge in [0.1, 0.15) is 0 Å². The summed E-state index contributed by atoms with van der Waals surface area (Å²) < 4.78 is 0. The van der Waals surface area contributed by atoms with E-state index in [0.29, 0.717) is 5.92 Å². The van der Waals surface area contributed by atoms with Gasteiger partial charge in [-0.1, -0.05) is 48.5 Å². The second-order valence-electron chi connectivity index (χ2n) is 3.79. The van der Waals surface area contributed by atoms with Crippen LogP contribution in [0.15, 0.2) is 0 Å². The normalized spacial score (nSPS) is 11.8. The molecule has 0 heterocycles. The largest absolute Gasteiger partial charge is 0.393 e. The van der Waals surface area contributed by atoms with E-state index in [9.17, 15) is 0 Å². The zero-order chi connectivity index (χ0) is 9.44. The van der Waals surface area contributed by atoms with E-state index in [1.165, 1.54) is 6.42 Å². The lowest BCUT2D eigenvalue weighted by Crippen LogP contribution is -2.07. The van der Waals surface area contributed by atoms with Crippen LogP contribution in [0.25, 0.3) is 0 Å². The molecule has 0 saturated carbocycles. The SMILES string of the molecule is C.CC(C)C(C)O.CCC(C)C. The van der Waals surface area contributed by atoms with Gasteiger partial charge in [0.05, 0.1) is 6.10 Å². The summed E-state index contributed by atoms with van der Waals surface area (Å²) in [6, 6.07) is 0. The molecule has 0 aromatic carbocycles. The maximum absolute atomic E-state index is 8.63. The van der Waals surface area contributed by atoms with E-state index in [-0.39, 0.29) is 13.5 Å². The molecule has 12 heavy (non-hydrogen) atoms. The van der Waals surface area contributed by atoms with Crippen LogP contribution < -0.4 is 0 Å². The van der Waals surface area contributed by atoms with Crippen molar-refractivity contribution in [2.24, 2.45) is 11.8 Å². The van der Waals surface area contributed by atoms with Gasteiger partial charge in [0.25, 0.3) is 0 Å². The summed E-state index contributed by atoms with van der Waals surface area (Å²) in [4.78, 5) is 0. The number of aliphatic hydroxyl groups excluding tert-OH is 1. The van der Waals surface area contributed by atoms with Gasteiger partial charge in [-0.05, 0) is 18.8 Å². The first-order valence-corrected chi connectivity index (χ1v) is 4.59. The molecule has 0 aliphatic carbocycles. The van der Waals surface area contributed by atoms with Crippen LogP contribution in [0.2, 0.25) is 0 Å². The minimum atomic E-state index is -0.148. The highest BCUT2D eigenvalue weighted by Crippen LogP contribution is 1.96. The van der Waals surface area contributed by atoms with Crippen molar-refractivity contribution in [2.45, 2.75) is 61.5 Å². The molecule has 0 aromatic heterocycles. The maximum Gasteiger partial charge on any atom is 0.0535 e. The third-order valence-electron chi connectivity index (χ3n) is 1.78. The van der Waals surface area contributed by atoms with Crippen LogP contribution >= 0.6 is 0 Å². The molecule has 1 nitrogen and oxygen atoms in total. The van der Waals surface area contributed by atoms with Crippen LogP contribution in [0, 0.1) is 11.8 Å². The molecular formula is C11H28O. The van der Waals surface area contributed by atoms with E-state index in [0.717, 1.165) is 5.92 Å². The average molecular weight is 176 g/mol. The summed E-state index contributed by atoms with van der Waals surface area (Å²) in [7, 11) is 0. The van der Waals surface area contributed by atoms with Crippen molar-refractivity contribution in [3.05, 3.63) is 0 Å². The van der Waals surface area contributed by atoms with Crippen molar-refractivity contribution < 1.29 is 5.11 Å². The molecule has 0 amide bonds. The third-order valence-corrected chi connectivity index (χ3v) is 1.78. The number of hydrogen-bond donors (Lipinski definition) is 1. The van der Waals surface area contributed by atoms with Gasteiger partial charge in [-0.25, -0.2) is 0 Å². The lowest BCUT2D eigenvalue weighted by atomic mass is 10.1. The Bertz CT molecular complexity index is 59.4. The van der Waals surface area contributed by atoms with E-state index >= 15 is 0 Å². The minimum Gasteiger partial charge on any atom is -0.393 e. The molecule has 78 valence electrons. The Hall–Kier alpha value is -0.0400. The van der Waals surface area contributed by atoms with Gasteiger partial charge in [-0.15, -0.1) is 0 Å². The summed E-state index contributed by atoms with van der Waals surface area (Å²) in [6.45, 7) is 12.4. The molecule has 0 fully saturated rings. The fourth-order valence-electron chi connectivity index (χ4n) is 0. The van der Waals surface area contributed by atoms with Crippen molar-refractivity contribution in [1.29, 1.82) is 0 Å². The Balaban J connectivity index is -0.000000126. The number of rotatable bonds is 2. The smallest absolute Gasteiger partial charge is 0.0535 e. The molecular weight excluding hydrogens is 148 g/mol. The first-order valence-electron chi connectivity index (χ1n) is 4.59. The Morgan fingerprint density at radius 3 is 1.17 bits per heavy atom. The van der Waals surface area contributed by atoms with Crippen LogP contribution in [0.3, 0.4) is 0 Å². The second kappa shape index (κ2) is 11.0. The predicted molar refractivity (Wildman–Crippen MR) is 58.4 cm³/mol. The molecule has 0 bridgehead atoms. The number of aliphatic hydroxyl groups is 1. The van der Waals surface area contributed by atoms with Gasteiger partial charge >= 0.3 is 0 Å². The quantitative estimate of drug-likeness (QED) is 0.680. The summed E-state index contributed by atoms with van der Waals surface area (Å²) in [5, 5.41) is 8.63. The van der Waals surface area contributed by atoms with E-state index in [1.807, 2.05) is 13.8 Å². The van der Waals surface area contributed by atoms with Gasteiger partial charge in [0, 0.05) is 0 Å². The zero-order valence-electron chi connectivity index (χ0n) is 8.89. The zero-order valence-corrected chi connectivity index (χ0v) is 8.89. The van der Waals surface area contributed by atoms with E-state index in [4.69, 9.17) is 5.11 Å². The molecule has 0 rings (SSSR count). The van der Waals surface area contributed by atoms with Crippen LogP contribution in [-0.2, 0) is 0 Å². The summed E-state index contributed by atoms with van der Waals surface area (Å²) in [5.41, 5.74) is 0. The molecule has 1 atom stereocenters. The van der Waals surface area contributed by atoms with Crippen molar-refractivity contribution in [2.75, 3.05) is 0 Å². The van der Waals surface area contributed by atoms with E-state index in [2.05, 4.69) is 20.8 Å². The molecule has 0 spiro atoms. The van der Waals surface area contributed by atoms with Gasteiger partial charge < -0.3 is 5.11 Å². The fraction of sp³-hybridized carbons (Fsp3) is 1.00. The third kappa shape index (κ3) is 22.5. The Kier molecular flexibility index (Phi) is 16.3. The van der Waals surface area contributed by atoms with Crippen LogP contribution in [0.1, 0.15) is 55.4 Å². The predicted octanol–water partition coefficient (Wildman–Crippen LogP) is 3.71. The summed E-state index contributed by atoms with van der Waals surface area (Å²) >= 11 is 0. The molecule has 0 aromatic rings. The van der Waals surface area contributed by atoms with E-state index < -0.39 is 0 Å². The van der Waals surface area contributed by atoms with E-state index in [1.54, 1.807) is 6.92 Å². The molecule has 0 aliphatic heterocycles. The Labute approximate surface area is 79.2 Å². The highest BCUT2D eigenvalue weighted by atomic mass is 16.3. The Morgan fingerprint density at radius 2 is 1.17 bits per heavy atom. The van der Waals surface area contributed by atoms with Gasteiger partial charge in [0.15, 0.2) is 0 Å². The minimum absolute atomic E-state index is 0. The highest BCUT2D eigenvalue weighted by Gasteiger charge is 1.97. The topological polar surface area (TPSA) is 20.2 Å². The van der Waals surface area contributed by atoms with Crippen molar-refractivity contribution in [1.82, 2.24) is 0 Å². The van der Waals surface area contributed by atoms with Crippen LogP contribution in [-0.4, -0.2) is 11.2 Å². The molecule has 1 heteroatoms. The molecule has 0 radical (unpaired) electrons. The first-order chi connectivity index (χ1) is 4.91. The monoisotopic (exact) mass is 176 g/mol. The van der Waals surface area contributed by atoms with Gasteiger partial charge in [0.2, 0.25) is 0 Å². The maximum atomic E-state index is 8.63. The molecule has 1 N–H and O–H groups in total. The van der Waals surface area contributed by atoms with Crippen molar-refractivity contribution in [3.63, 3.8) is 0 Å². The van der Waals surface area contributed by atoms with Gasteiger partial charge in [-0.2, -0.15) is 0 Å². The molecule has 0 saturated heterocycles. The van der Waals surface area contributed by atoms with Crippen LogP contribution in [0.5, 0.6) is 0 Å². The highest BCUT2D eigenvalue weighted by molar-refractivity contribution is 4.48. The average Bonchev–Trinajstić information content (AvgIpc) is 1.89. The fourth-order valence-corrected chi connectivity index (χ4v) is 0. The first kappa shape index (κ1) is 17.9. The molecule has 1 unspecified atom stereocenters. The molecule has 0 aliphatic rings. The lowest BCUT2D eigenvalue weighted by molar-refractivity contribution is 0.144. The standard InChI is InChI=1S/C5H12O.C5H12.CH4/c1-4(2)5(3)6;1-4-5(2)3;/h4-6H,1-3H3;5H,4H2,1-3H3;1H4. The Morgan fingerprint density at radius 1 is 1.00 bits per heavy atom. The second-order valence-corrected chi connectivity index (χ2v) is 3.79. The van der Waals surface area contributed by atoms with Crippen molar-refractivity contribution in [3.8, 4) is 0 Å². The summed E-state index contributed by atoms with van der Waals surface area (Å²) in [5.74, 6) is 1.29. The van der Waals surface area contributed by atoms with Gasteiger partial charge in [-0.3, -0.25) is 0 Å². The number of hydrogen-bond acceptors (Lipinski definition) is 1. The van der Waals surface area contributed by atoms with Crippen LogP contribution in [0.4, 0.5) is 0 Å². The lowest BCUT2D eigenvalue weighted by Gasteiger charge is -2.04. The van der Waals surface area contributed by atoms with Crippen molar-refractivity contribution >= 4 is 0 Å².